The van der Waals surface area contributed by atoms with Gasteiger partial charge in [0.2, 0.25) is 0 Å². The minimum Gasteiger partial charge on any atom is -0.493 e. The number of carbonyl (C=O) groups excluding carboxylic acids is 1. The van der Waals surface area contributed by atoms with Crippen LogP contribution in [0.2, 0.25) is 0 Å². The molecule has 0 unspecified atom stereocenters. The monoisotopic (exact) mass is 211 g/mol. The summed E-state index contributed by atoms with van der Waals surface area (Å²) in [4.78, 5) is 11.4. The van der Waals surface area contributed by atoms with Gasteiger partial charge in [0.25, 0.3) is 5.91 Å². The molecule has 0 spiro atoms. The second-order valence-electron chi connectivity index (χ2n) is 2.93. The molecule has 0 aromatic heterocycles. The number of methoxy groups -OCH3 is 2. The van der Waals surface area contributed by atoms with Crippen molar-refractivity contribution in [3.63, 3.8) is 0 Å². The van der Waals surface area contributed by atoms with Gasteiger partial charge in [0.15, 0.2) is 11.5 Å². The Hall–Kier alpha value is -1.75. The molecule has 5 heteroatoms. The van der Waals surface area contributed by atoms with E-state index in [0.29, 0.717) is 17.1 Å². The Morgan fingerprint density at radius 1 is 1.33 bits per heavy atom. The number of benzene rings is 1. The van der Waals surface area contributed by atoms with Crippen LogP contribution in [0.1, 0.15) is 15.9 Å². The highest BCUT2D eigenvalue weighted by Gasteiger charge is 2.18. The second kappa shape index (κ2) is 4.65. The number of rotatable bonds is 3. The van der Waals surface area contributed by atoms with E-state index < -0.39 is 5.91 Å². The third-order valence-corrected chi connectivity index (χ3v) is 2.08. The predicted molar refractivity (Wildman–Crippen MR) is 53.5 cm³/mol. The van der Waals surface area contributed by atoms with Crippen molar-refractivity contribution in [1.29, 1.82) is 0 Å². The zero-order valence-electron chi connectivity index (χ0n) is 8.83. The molecule has 0 aliphatic heterocycles. The fourth-order valence-electron chi connectivity index (χ4n) is 1.36. The Balaban J connectivity index is 3.38. The minimum atomic E-state index is -0.622. The number of aryl methyl sites for hydroxylation is 1. The van der Waals surface area contributed by atoms with E-state index in [9.17, 15) is 4.79 Å². The number of ether oxygens (including phenoxy) is 2. The van der Waals surface area contributed by atoms with Crippen molar-refractivity contribution in [2.24, 2.45) is 0 Å². The molecule has 0 fully saturated rings. The number of amides is 1. The highest BCUT2D eigenvalue weighted by atomic mass is 16.5. The molecule has 0 atom stereocenters. The predicted octanol–water partition coefficient (Wildman–Crippen LogP) is 1.13. The maximum atomic E-state index is 11.4. The van der Waals surface area contributed by atoms with Gasteiger partial charge in [-0.1, -0.05) is 6.07 Å². The molecular formula is C10H13NO4. The first kappa shape index (κ1) is 11.3. The van der Waals surface area contributed by atoms with Crippen molar-refractivity contribution in [3.8, 4) is 11.5 Å². The summed E-state index contributed by atoms with van der Waals surface area (Å²) in [5, 5.41) is 8.60. The fourth-order valence-corrected chi connectivity index (χ4v) is 1.36. The van der Waals surface area contributed by atoms with E-state index in [1.807, 2.05) is 0 Å². The van der Waals surface area contributed by atoms with Gasteiger partial charge in [-0.3, -0.25) is 10.0 Å². The summed E-state index contributed by atoms with van der Waals surface area (Å²) in [6.07, 6.45) is 0. The topological polar surface area (TPSA) is 67.8 Å². The average Bonchev–Trinajstić information content (AvgIpc) is 2.27. The Bertz CT molecular complexity index is 376. The van der Waals surface area contributed by atoms with Gasteiger partial charge in [-0.15, -0.1) is 0 Å². The number of hydrogen-bond donors (Lipinski definition) is 2. The molecule has 1 rings (SSSR count). The van der Waals surface area contributed by atoms with Crippen LogP contribution in [-0.4, -0.2) is 25.3 Å². The number of nitrogens with one attached hydrogen (secondary N) is 1. The smallest absolute Gasteiger partial charge is 0.278 e. The summed E-state index contributed by atoms with van der Waals surface area (Å²) in [7, 11) is 2.92. The van der Waals surface area contributed by atoms with Gasteiger partial charge in [-0.25, -0.2) is 5.48 Å². The van der Waals surface area contributed by atoms with E-state index in [1.54, 1.807) is 24.5 Å². The van der Waals surface area contributed by atoms with Gasteiger partial charge in [0.05, 0.1) is 19.8 Å². The van der Waals surface area contributed by atoms with Gasteiger partial charge >= 0.3 is 0 Å². The normalized spacial score (nSPS) is 9.60. The Kier molecular flexibility index (Phi) is 3.51. The van der Waals surface area contributed by atoms with Crippen LogP contribution < -0.4 is 15.0 Å². The summed E-state index contributed by atoms with van der Waals surface area (Å²) < 4.78 is 10.1. The molecule has 0 aliphatic rings. The first-order valence-electron chi connectivity index (χ1n) is 4.31. The van der Waals surface area contributed by atoms with Crippen molar-refractivity contribution in [2.45, 2.75) is 6.92 Å². The first-order valence-corrected chi connectivity index (χ1v) is 4.31. The SMILES string of the molecule is COc1ccc(C)c(C(=O)NO)c1OC. The van der Waals surface area contributed by atoms with E-state index in [4.69, 9.17) is 14.7 Å². The third kappa shape index (κ3) is 2.02. The molecule has 0 heterocycles. The second-order valence-corrected chi connectivity index (χ2v) is 2.93. The van der Waals surface area contributed by atoms with Crippen LogP contribution in [0.3, 0.4) is 0 Å². The lowest BCUT2D eigenvalue weighted by Crippen LogP contribution is -2.20. The summed E-state index contributed by atoms with van der Waals surface area (Å²) >= 11 is 0. The van der Waals surface area contributed by atoms with Crippen LogP contribution in [0.25, 0.3) is 0 Å². The van der Waals surface area contributed by atoms with Crippen LogP contribution in [0.4, 0.5) is 0 Å². The third-order valence-electron chi connectivity index (χ3n) is 2.08. The lowest BCUT2D eigenvalue weighted by molar-refractivity contribution is 0.0701. The summed E-state index contributed by atoms with van der Waals surface area (Å²) in [6.45, 7) is 1.74. The minimum absolute atomic E-state index is 0.263. The molecule has 0 bridgehead atoms. The molecule has 1 aromatic carbocycles. The Labute approximate surface area is 87.6 Å². The van der Waals surface area contributed by atoms with Crippen molar-refractivity contribution in [1.82, 2.24) is 5.48 Å². The van der Waals surface area contributed by atoms with Crippen molar-refractivity contribution in [3.05, 3.63) is 23.3 Å². The van der Waals surface area contributed by atoms with Crippen LogP contribution >= 0.6 is 0 Å². The van der Waals surface area contributed by atoms with Crippen LogP contribution in [0, 0.1) is 6.92 Å². The molecule has 1 amide bonds. The van der Waals surface area contributed by atoms with Crippen molar-refractivity contribution >= 4 is 5.91 Å². The standard InChI is InChI=1S/C10H13NO4/c1-6-4-5-7(14-2)9(15-3)8(6)10(12)11-13/h4-5,13H,1-3H3,(H,11,12). The lowest BCUT2D eigenvalue weighted by Gasteiger charge is -2.13. The Morgan fingerprint density at radius 3 is 2.47 bits per heavy atom. The molecule has 2 N–H and O–H groups in total. The molecule has 0 saturated heterocycles. The van der Waals surface area contributed by atoms with Gasteiger partial charge < -0.3 is 9.47 Å². The maximum absolute atomic E-state index is 11.4. The quantitative estimate of drug-likeness (QED) is 0.581. The average molecular weight is 211 g/mol. The molecule has 1 aromatic rings. The molecule has 0 aliphatic carbocycles. The Morgan fingerprint density at radius 2 is 2.00 bits per heavy atom. The molecule has 5 nitrogen and oxygen atoms in total. The van der Waals surface area contributed by atoms with Gasteiger partial charge in [-0.2, -0.15) is 0 Å². The van der Waals surface area contributed by atoms with Gasteiger partial charge in [-0.05, 0) is 18.6 Å². The van der Waals surface area contributed by atoms with Crippen LogP contribution in [-0.2, 0) is 0 Å². The molecular weight excluding hydrogens is 198 g/mol. The van der Waals surface area contributed by atoms with Crippen molar-refractivity contribution in [2.75, 3.05) is 14.2 Å². The number of carbonyl (C=O) groups is 1. The van der Waals surface area contributed by atoms with Gasteiger partial charge in [0, 0.05) is 0 Å². The summed E-state index contributed by atoms with van der Waals surface area (Å²) in [5.41, 5.74) is 2.53. The number of hydroxylamine groups is 1. The maximum Gasteiger partial charge on any atom is 0.278 e. The molecule has 82 valence electrons. The van der Waals surface area contributed by atoms with Crippen molar-refractivity contribution < 1.29 is 19.5 Å². The fraction of sp³-hybridized carbons (Fsp3) is 0.300. The highest BCUT2D eigenvalue weighted by Crippen LogP contribution is 2.32. The largest absolute Gasteiger partial charge is 0.493 e. The van der Waals surface area contributed by atoms with E-state index in [2.05, 4.69) is 0 Å². The number of hydrogen-bond acceptors (Lipinski definition) is 4. The summed E-state index contributed by atoms with van der Waals surface area (Å²) in [5.74, 6) is 0.133. The highest BCUT2D eigenvalue weighted by molar-refractivity contribution is 5.98. The van der Waals surface area contributed by atoms with Crippen LogP contribution in [0.15, 0.2) is 12.1 Å². The first-order chi connectivity index (χ1) is 7.15. The molecule has 0 saturated carbocycles. The van der Waals surface area contributed by atoms with E-state index in [1.165, 1.54) is 14.2 Å². The van der Waals surface area contributed by atoms with E-state index in [-0.39, 0.29) is 5.56 Å². The van der Waals surface area contributed by atoms with Crippen LogP contribution in [0.5, 0.6) is 11.5 Å². The zero-order valence-corrected chi connectivity index (χ0v) is 8.83. The summed E-state index contributed by atoms with van der Waals surface area (Å²) in [6, 6.07) is 3.41. The molecule has 0 radical (unpaired) electrons. The lowest BCUT2D eigenvalue weighted by atomic mass is 10.1. The zero-order chi connectivity index (χ0) is 11.4. The molecule has 15 heavy (non-hydrogen) atoms. The van der Waals surface area contributed by atoms with E-state index in [0.717, 1.165) is 0 Å². The van der Waals surface area contributed by atoms with E-state index >= 15 is 0 Å². The van der Waals surface area contributed by atoms with Gasteiger partial charge in [0.1, 0.15) is 0 Å².